The third kappa shape index (κ3) is 4.06. The number of nitrogens with zero attached hydrogens (tertiary/aromatic N) is 1. The highest BCUT2D eigenvalue weighted by molar-refractivity contribution is 7.91. The van der Waals surface area contributed by atoms with Crippen LogP contribution in [-0.2, 0) is 9.84 Å². The molecule has 4 nitrogen and oxygen atoms in total. The lowest BCUT2D eigenvalue weighted by Crippen LogP contribution is -2.66. The molecule has 3 aromatic rings. The predicted molar refractivity (Wildman–Crippen MR) is 120 cm³/mol. The van der Waals surface area contributed by atoms with E-state index in [0.717, 1.165) is 16.7 Å². The fourth-order valence-corrected chi connectivity index (χ4v) is 6.18. The standard InChI is InChI=1S/C25H27NO3S/c1-19-13-15-22(16-14-19)24(30(2,28)29)25(27)17-26(18-25)23(20-9-5-3-6-10-20)21-11-7-4-8-12-21/h3-16,23-24,27H,17-18H2,1-2H3. The first kappa shape index (κ1) is 20.8. The molecule has 1 aliphatic heterocycles. The highest BCUT2D eigenvalue weighted by Crippen LogP contribution is 2.44. The zero-order chi connectivity index (χ0) is 21.4. The number of hydrogen-bond donors (Lipinski definition) is 1. The summed E-state index contributed by atoms with van der Waals surface area (Å²) in [6.45, 7) is 2.53. The second kappa shape index (κ2) is 7.99. The molecule has 1 atom stereocenters. The molecule has 0 amide bonds. The van der Waals surface area contributed by atoms with Gasteiger partial charge in [0.15, 0.2) is 9.84 Å². The van der Waals surface area contributed by atoms with Gasteiger partial charge in [-0.25, -0.2) is 8.42 Å². The monoisotopic (exact) mass is 421 g/mol. The molecule has 0 aliphatic carbocycles. The van der Waals surface area contributed by atoms with Gasteiger partial charge in [0.05, 0.1) is 6.04 Å². The van der Waals surface area contributed by atoms with Crippen LogP contribution in [0.3, 0.4) is 0 Å². The summed E-state index contributed by atoms with van der Waals surface area (Å²) in [6.07, 6.45) is 1.21. The van der Waals surface area contributed by atoms with Crippen molar-refractivity contribution >= 4 is 9.84 Å². The first-order valence-corrected chi connectivity index (χ1v) is 12.1. The first-order valence-electron chi connectivity index (χ1n) is 10.1. The van der Waals surface area contributed by atoms with Crippen LogP contribution in [0.5, 0.6) is 0 Å². The summed E-state index contributed by atoms with van der Waals surface area (Å²) in [5.74, 6) is 0. The van der Waals surface area contributed by atoms with Gasteiger partial charge in [-0.3, -0.25) is 4.90 Å². The summed E-state index contributed by atoms with van der Waals surface area (Å²) in [5.41, 5.74) is 2.61. The minimum absolute atomic E-state index is 0.0362. The van der Waals surface area contributed by atoms with E-state index in [9.17, 15) is 13.5 Å². The van der Waals surface area contributed by atoms with E-state index in [1.807, 2.05) is 67.6 Å². The van der Waals surface area contributed by atoms with Gasteiger partial charge in [0.2, 0.25) is 0 Å². The number of benzene rings is 3. The van der Waals surface area contributed by atoms with Gasteiger partial charge in [-0.15, -0.1) is 0 Å². The maximum Gasteiger partial charge on any atom is 0.157 e. The lowest BCUT2D eigenvalue weighted by molar-refractivity contribution is -0.112. The van der Waals surface area contributed by atoms with Crippen molar-refractivity contribution in [2.75, 3.05) is 19.3 Å². The maximum atomic E-state index is 12.7. The highest BCUT2D eigenvalue weighted by Gasteiger charge is 2.54. The molecule has 5 heteroatoms. The van der Waals surface area contributed by atoms with Gasteiger partial charge in [0, 0.05) is 19.3 Å². The minimum atomic E-state index is -3.50. The molecule has 4 rings (SSSR count). The summed E-state index contributed by atoms with van der Waals surface area (Å²) in [4.78, 5) is 2.15. The Balaban J connectivity index is 1.66. The van der Waals surface area contributed by atoms with Crippen molar-refractivity contribution in [1.82, 2.24) is 4.90 Å². The Morgan fingerprint density at radius 1 is 0.800 bits per heavy atom. The molecule has 1 unspecified atom stereocenters. The van der Waals surface area contributed by atoms with Crippen molar-refractivity contribution in [1.29, 1.82) is 0 Å². The maximum absolute atomic E-state index is 12.7. The topological polar surface area (TPSA) is 57.6 Å². The first-order chi connectivity index (χ1) is 14.3. The second-order valence-corrected chi connectivity index (χ2v) is 10.5. The van der Waals surface area contributed by atoms with Crippen LogP contribution in [0.2, 0.25) is 0 Å². The van der Waals surface area contributed by atoms with Gasteiger partial charge in [-0.1, -0.05) is 90.5 Å². The Morgan fingerprint density at radius 2 is 1.27 bits per heavy atom. The third-order valence-corrected chi connectivity index (χ3v) is 7.41. The molecular weight excluding hydrogens is 394 g/mol. The van der Waals surface area contributed by atoms with Crippen molar-refractivity contribution < 1.29 is 13.5 Å². The van der Waals surface area contributed by atoms with Crippen LogP contribution in [0.4, 0.5) is 0 Å². The molecule has 0 spiro atoms. The van der Waals surface area contributed by atoms with E-state index in [1.165, 1.54) is 6.26 Å². The van der Waals surface area contributed by atoms with E-state index in [-0.39, 0.29) is 19.1 Å². The zero-order valence-corrected chi connectivity index (χ0v) is 18.1. The SMILES string of the molecule is Cc1ccc(C(C2(O)CN(C(c3ccccc3)c3ccccc3)C2)S(C)(=O)=O)cc1. The van der Waals surface area contributed by atoms with Gasteiger partial charge in [0.25, 0.3) is 0 Å². The summed E-state index contributed by atoms with van der Waals surface area (Å²) in [6, 6.07) is 27.6. The van der Waals surface area contributed by atoms with Crippen LogP contribution in [0.1, 0.15) is 33.5 Å². The second-order valence-electron chi connectivity index (χ2n) is 8.35. The van der Waals surface area contributed by atoms with Crippen molar-refractivity contribution in [3.8, 4) is 0 Å². The number of aryl methyl sites for hydroxylation is 1. The van der Waals surface area contributed by atoms with Gasteiger partial charge in [-0.05, 0) is 23.6 Å². The van der Waals surface area contributed by atoms with Crippen LogP contribution < -0.4 is 0 Å². The number of likely N-dealkylation sites (tertiary alicyclic amines) is 1. The Labute approximate surface area is 178 Å². The smallest absolute Gasteiger partial charge is 0.157 e. The Morgan fingerprint density at radius 3 is 1.70 bits per heavy atom. The predicted octanol–water partition coefficient (Wildman–Crippen LogP) is 3.92. The normalized spacial score (nSPS) is 17.5. The molecule has 1 N–H and O–H groups in total. The zero-order valence-electron chi connectivity index (χ0n) is 17.3. The Kier molecular flexibility index (Phi) is 5.53. The van der Waals surface area contributed by atoms with Gasteiger partial charge in [0.1, 0.15) is 10.9 Å². The molecular formula is C25H27NO3S. The van der Waals surface area contributed by atoms with Crippen LogP contribution in [0, 0.1) is 6.92 Å². The van der Waals surface area contributed by atoms with Crippen molar-refractivity contribution in [2.45, 2.75) is 23.8 Å². The van der Waals surface area contributed by atoms with E-state index in [2.05, 4.69) is 29.2 Å². The quantitative estimate of drug-likeness (QED) is 0.656. The molecule has 0 saturated carbocycles. The molecule has 1 saturated heterocycles. The molecule has 0 radical (unpaired) electrons. The lowest BCUT2D eigenvalue weighted by atomic mass is 9.82. The molecule has 1 heterocycles. The average molecular weight is 422 g/mol. The van der Waals surface area contributed by atoms with Crippen LogP contribution in [-0.4, -0.2) is 43.4 Å². The number of hydrogen-bond acceptors (Lipinski definition) is 4. The van der Waals surface area contributed by atoms with Crippen molar-refractivity contribution in [3.05, 3.63) is 107 Å². The van der Waals surface area contributed by atoms with Crippen LogP contribution in [0.15, 0.2) is 84.9 Å². The van der Waals surface area contributed by atoms with Gasteiger partial charge in [-0.2, -0.15) is 0 Å². The van der Waals surface area contributed by atoms with Crippen molar-refractivity contribution in [2.24, 2.45) is 0 Å². The molecule has 156 valence electrons. The van der Waals surface area contributed by atoms with Gasteiger partial charge < -0.3 is 5.11 Å². The van der Waals surface area contributed by atoms with E-state index in [4.69, 9.17) is 0 Å². The Hall–Kier alpha value is -2.47. The lowest BCUT2D eigenvalue weighted by Gasteiger charge is -2.53. The minimum Gasteiger partial charge on any atom is -0.385 e. The van der Waals surface area contributed by atoms with Crippen LogP contribution in [0.25, 0.3) is 0 Å². The number of β-amino-alcohol motifs (C(OH)–C–C–N with tert-alkyl or cyclic N) is 1. The van der Waals surface area contributed by atoms with E-state index >= 15 is 0 Å². The molecule has 0 aromatic heterocycles. The Bertz CT molecular complexity index is 1050. The van der Waals surface area contributed by atoms with Gasteiger partial charge >= 0.3 is 0 Å². The van der Waals surface area contributed by atoms with E-state index in [0.29, 0.717) is 5.56 Å². The summed E-state index contributed by atoms with van der Waals surface area (Å²) < 4.78 is 25.4. The molecule has 0 bridgehead atoms. The molecule has 1 fully saturated rings. The number of rotatable bonds is 6. The fourth-order valence-electron chi connectivity index (χ4n) is 4.59. The largest absolute Gasteiger partial charge is 0.385 e. The van der Waals surface area contributed by atoms with Crippen molar-refractivity contribution in [3.63, 3.8) is 0 Å². The van der Waals surface area contributed by atoms with E-state index in [1.54, 1.807) is 0 Å². The van der Waals surface area contributed by atoms with E-state index < -0.39 is 20.7 Å². The molecule has 30 heavy (non-hydrogen) atoms. The summed E-state index contributed by atoms with van der Waals surface area (Å²) in [5, 5.41) is 10.5. The summed E-state index contributed by atoms with van der Waals surface area (Å²) in [7, 11) is -3.50. The molecule has 3 aromatic carbocycles. The highest BCUT2D eigenvalue weighted by atomic mass is 32.2. The molecule has 1 aliphatic rings. The fraction of sp³-hybridized carbons (Fsp3) is 0.280. The third-order valence-electron chi connectivity index (χ3n) is 5.85. The summed E-state index contributed by atoms with van der Waals surface area (Å²) >= 11 is 0. The average Bonchev–Trinajstić information content (AvgIpc) is 2.69. The number of sulfone groups is 1. The number of aliphatic hydroxyl groups is 1. The van der Waals surface area contributed by atoms with Crippen LogP contribution >= 0.6 is 0 Å².